The fraction of sp³-hybridized carbons (Fsp3) is 0.312. The quantitative estimate of drug-likeness (QED) is 0.859. The van der Waals surface area contributed by atoms with Gasteiger partial charge in [-0.25, -0.2) is 0 Å². The van der Waals surface area contributed by atoms with Gasteiger partial charge in [0.25, 0.3) is 5.56 Å². The Labute approximate surface area is 117 Å². The Hall–Kier alpha value is -2.41. The van der Waals surface area contributed by atoms with Gasteiger partial charge in [0.2, 0.25) is 0 Å². The normalized spacial score (nSPS) is 17.3. The van der Waals surface area contributed by atoms with Crippen LogP contribution in [0.4, 0.5) is 0 Å². The molecule has 0 aromatic carbocycles. The van der Waals surface area contributed by atoms with Gasteiger partial charge >= 0.3 is 0 Å². The molecule has 0 saturated heterocycles. The first-order valence-corrected chi connectivity index (χ1v) is 6.75. The predicted octanol–water partition coefficient (Wildman–Crippen LogP) is 2.22. The molecule has 0 spiro atoms. The second-order valence-electron chi connectivity index (χ2n) is 5.24. The number of nitrogens with one attached hydrogen (secondary N) is 1. The molecule has 2 aromatic heterocycles. The molecule has 2 heterocycles. The maximum Gasteiger partial charge on any atom is 0.266 e. The van der Waals surface area contributed by atoms with E-state index in [1.54, 1.807) is 12.4 Å². The zero-order valence-corrected chi connectivity index (χ0v) is 11.3. The Morgan fingerprint density at radius 2 is 2.10 bits per heavy atom. The van der Waals surface area contributed by atoms with Crippen molar-refractivity contribution in [3.8, 4) is 6.07 Å². The van der Waals surface area contributed by atoms with Crippen molar-refractivity contribution in [1.82, 2.24) is 9.97 Å². The van der Waals surface area contributed by atoms with Gasteiger partial charge in [-0.15, -0.1) is 0 Å². The van der Waals surface area contributed by atoms with Crippen molar-refractivity contribution in [2.24, 2.45) is 0 Å². The lowest BCUT2D eigenvalue weighted by Crippen LogP contribution is -2.23. The van der Waals surface area contributed by atoms with Crippen LogP contribution in [0.2, 0.25) is 0 Å². The molecule has 0 radical (unpaired) electrons. The molecular weight excluding hydrogens is 250 g/mol. The monoisotopic (exact) mass is 265 g/mol. The van der Waals surface area contributed by atoms with Gasteiger partial charge in [-0.2, -0.15) is 5.26 Å². The molecule has 3 rings (SSSR count). The van der Waals surface area contributed by atoms with Gasteiger partial charge in [0.05, 0.1) is 0 Å². The van der Waals surface area contributed by atoms with Crippen LogP contribution in [-0.4, -0.2) is 9.97 Å². The summed E-state index contributed by atoms with van der Waals surface area (Å²) in [5.74, 6) is 0.360. The van der Waals surface area contributed by atoms with Gasteiger partial charge in [0.15, 0.2) is 0 Å². The third-order valence-electron chi connectivity index (χ3n) is 4.13. The number of H-pyrrole nitrogens is 1. The fourth-order valence-corrected chi connectivity index (χ4v) is 3.09. The third kappa shape index (κ3) is 2.01. The van der Waals surface area contributed by atoms with Crippen molar-refractivity contribution in [2.45, 2.75) is 32.1 Å². The van der Waals surface area contributed by atoms with Gasteiger partial charge in [-0.1, -0.05) is 0 Å². The molecule has 0 amide bonds. The Balaban J connectivity index is 2.07. The number of hydrogen-bond acceptors (Lipinski definition) is 3. The van der Waals surface area contributed by atoms with E-state index in [1.165, 1.54) is 5.56 Å². The minimum absolute atomic E-state index is 0.265. The van der Waals surface area contributed by atoms with E-state index in [2.05, 4.69) is 16.0 Å². The fourth-order valence-electron chi connectivity index (χ4n) is 3.09. The largest absolute Gasteiger partial charge is 0.325 e. The molecule has 4 nitrogen and oxygen atoms in total. The van der Waals surface area contributed by atoms with Crippen molar-refractivity contribution in [2.75, 3.05) is 0 Å². The van der Waals surface area contributed by atoms with Gasteiger partial charge in [0, 0.05) is 18.1 Å². The number of aryl methyl sites for hydroxylation is 1. The molecule has 1 unspecified atom stereocenters. The van der Waals surface area contributed by atoms with E-state index >= 15 is 0 Å². The van der Waals surface area contributed by atoms with E-state index < -0.39 is 0 Å². The first-order valence-electron chi connectivity index (χ1n) is 6.75. The minimum atomic E-state index is -0.265. The van der Waals surface area contributed by atoms with E-state index in [0.29, 0.717) is 5.92 Å². The number of aromatic nitrogens is 2. The van der Waals surface area contributed by atoms with Crippen LogP contribution in [-0.2, 0) is 12.8 Å². The second kappa shape index (κ2) is 4.93. The number of nitriles is 1. The molecule has 0 bridgehead atoms. The van der Waals surface area contributed by atoms with Crippen molar-refractivity contribution in [3.63, 3.8) is 0 Å². The molecule has 4 heteroatoms. The van der Waals surface area contributed by atoms with E-state index in [-0.39, 0.29) is 11.1 Å². The first kappa shape index (κ1) is 12.6. The lowest BCUT2D eigenvalue weighted by molar-refractivity contribution is 0.577. The highest BCUT2D eigenvalue weighted by molar-refractivity contribution is 5.46. The minimum Gasteiger partial charge on any atom is -0.325 e. The smallest absolute Gasteiger partial charge is 0.266 e. The van der Waals surface area contributed by atoms with Crippen LogP contribution in [0.25, 0.3) is 0 Å². The average molecular weight is 265 g/mol. The molecule has 0 fully saturated rings. The molecule has 1 aliphatic rings. The summed E-state index contributed by atoms with van der Waals surface area (Å²) in [5, 5.41) is 9.24. The zero-order chi connectivity index (χ0) is 14.1. The summed E-state index contributed by atoms with van der Waals surface area (Å²) in [6.07, 6.45) is 6.28. The SMILES string of the molecule is Cc1[nH]c(=O)c(C#N)c2c1CCC(c1ccncc1)C2. The van der Waals surface area contributed by atoms with Crippen LogP contribution in [0.5, 0.6) is 0 Å². The number of nitrogens with zero attached hydrogens (tertiary/aromatic N) is 2. The van der Waals surface area contributed by atoms with Gasteiger partial charge in [-0.05, 0) is 60.9 Å². The van der Waals surface area contributed by atoms with Crippen LogP contribution in [0, 0.1) is 18.3 Å². The molecule has 1 N–H and O–H groups in total. The Morgan fingerprint density at radius 1 is 1.35 bits per heavy atom. The topological polar surface area (TPSA) is 69.5 Å². The number of pyridine rings is 2. The van der Waals surface area contributed by atoms with E-state index in [9.17, 15) is 10.1 Å². The molecule has 1 atom stereocenters. The summed E-state index contributed by atoms with van der Waals surface area (Å²) in [7, 11) is 0. The Morgan fingerprint density at radius 3 is 2.80 bits per heavy atom. The molecular formula is C16H15N3O. The van der Waals surface area contributed by atoms with Gasteiger partial charge in [-0.3, -0.25) is 9.78 Å². The van der Waals surface area contributed by atoms with E-state index in [4.69, 9.17) is 0 Å². The van der Waals surface area contributed by atoms with Gasteiger partial charge in [0.1, 0.15) is 11.6 Å². The summed E-state index contributed by atoms with van der Waals surface area (Å²) < 4.78 is 0. The van der Waals surface area contributed by atoms with Crippen LogP contribution in [0.3, 0.4) is 0 Å². The number of aromatic amines is 1. The molecule has 20 heavy (non-hydrogen) atoms. The van der Waals surface area contributed by atoms with Crippen molar-refractivity contribution in [3.05, 3.63) is 62.8 Å². The lowest BCUT2D eigenvalue weighted by atomic mass is 9.78. The summed E-state index contributed by atoms with van der Waals surface area (Å²) in [4.78, 5) is 18.7. The summed E-state index contributed by atoms with van der Waals surface area (Å²) in [6, 6.07) is 6.10. The van der Waals surface area contributed by atoms with Crippen molar-refractivity contribution < 1.29 is 0 Å². The summed E-state index contributed by atoms with van der Waals surface area (Å²) in [5.41, 5.74) is 4.22. The van der Waals surface area contributed by atoms with Crippen molar-refractivity contribution >= 4 is 0 Å². The van der Waals surface area contributed by atoms with Crippen LogP contribution >= 0.6 is 0 Å². The van der Waals surface area contributed by atoms with E-state index in [0.717, 1.165) is 36.1 Å². The maximum absolute atomic E-state index is 11.9. The Kier molecular flexibility index (Phi) is 3.11. The maximum atomic E-state index is 11.9. The molecule has 100 valence electrons. The second-order valence-corrected chi connectivity index (χ2v) is 5.24. The highest BCUT2D eigenvalue weighted by Crippen LogP contribution is 2.33. The summed E-state index contributed by atoms with van der Waals surface area (Å²) >= 11 is 0. The van der Waals surface area contributed by atoms with Crippen LogP contribution in [0.1, 0.15) is 40.3 Å². The predicted molar refractivity (Wildman–Crippen MR) is 75.5 cm³/mol. The lowest BCUT2D eigenvalue weighted by Gasteiger charge is -2.26. The zero-order valence-electron chi connectivity index (χ0n) is 11.3. The highest BCUT2D eigenvalue weighted by Gasteiger charge is 2.25. The number of rotatable bonds is 1. The molecule has 0 saturated carbocycles. The Bertz CT molecular complexity index is 741. The van der Waals surface area contributed by atoms with E-state index in [1.807, 2.05) is 19.1 Å². The first-order chi connectivity index (χ1) is 9.70. The standard InChI is InChI=1S/C16H15N3O/c1-10-13-3-2-12(11-4-6-18-7-5-11)8-14(13)15(9-17)16(20)19-10/h4-7,12H,2-3,8H2,1H3,(H,19,20). The third-order valence-corrected chi connectivity index (χ3v) is 4.13. The van der Waals surface area contributed by atoms with Crippen LogP contribution < -0.4 is 5.56 Å². The highest BCUT2D eigenvalue weighted by atomic mass is 16.1. The molecule has 2 aromatic rings. The van der Waals surface area contributed by atoms with Gasteiger partial charge < -0.3 is 4.98 Å². The van der Waals surface area contributed by atoms with Crippen molar-refractivity contribution in [1.29, 1.82) is 5.26 Å². The number of hydrogen-bond donors (Lipinski definition) is 1. The van der Waals surface area contributed by atoms with Crippen LogP contribution in [0.15, 0.2) is 29.3 Å². The number of fused-ring (bicyclic) bond motifs is 1. The average Bonchev–Trinajstić information content (AvgIpc) is 2.48. The summed E-state index contributed by atoms with van der Waals surface area (Å²) in [6.45, 7) is 1.91. The molecule has 0 aliphatic heterocycles. The molecule has 1 aliphatic carbocycles.